The number of piperazine rings is 1. The maximum absolute atomic E-state index is 13.2. The Balaban J connectivity index is 1.78. The van der Waals surface area contributed by atoms with Crippen molar-refractivity contribution >= 4 is 17.4 Å². The Morgan fingerprint density at radius 1 is 1.03 bits per heavy atom. The van der Waals surface area contributed by atoms with E-state index in [1.165, 1.54) is 0 Å². The summed E-state index contributed by atoms with van der Waals surface area (Å²) in [6.07, 6.45) is -4.63. The third kappa shape index (κ3) is 4.14. The van der Waals surface area contributed by atoms with Crippen molar-refractivity contribution in [2.75, 3.05) is 50.7 Å². The van der Waals surface area contributed by atoms with Gasteiger partial charge >= 0.3 is 6.18 Å². The van der Waals surface area contributed by atoms with Gasteiger partial charge in [0.25, 0.3) is 5.82 Å². The first kappa shape index (κ1) is 21.3. The Labute approximate surface area is 167 Å². The number of aryl methyl sites for hydroxylation is 1. The summed E-state index contributed by atoms with van der Waals surface area (Å²) >= 11 is 0. The van der Waals surface area contributed by atoms with Gasteiger partial charge in [-0.1, -0.05) is 0 Å². The number of anilines is 1. The molecule has 29 heavy (non-hydrogen) atoms. The Hall–Kier alpha value is -2.43. The third-order valence-electron chi connectivity index (χ3n) is 5.47. The summed E-state index contributed by atoms with van der Waals surface area (Å²) in [7, 11) is 0. The highest BCUT2D eigenvalue weighted by Gasteiger charge is 2.38. The van der Waals surface area contributed by atoms with Gasteiger partial charge in [-0.3, -0.25) is 9.69 Å². The Morgan fingerprint density at radius 3 is 2.21 bits per heavy atom. The molecule has 0 unspecified atom stereocenters. The molecule has 11 heteroatoms. The number of fused-ring (bicyclic) bond motifs is 1. The Morgan fingerprint density at radius 2 is 1.66 bits per heavy atom. The van der Waals surface area contributed by atoms with Crippen LogP contribution in [0.15, 0.2) is 0 Å². The average Bonchev–Trinajstić information content (AvgIpc) is 3.11. The predicted molar refractivity (Wildman–Crippen MR) is 102 cm³/mol. The minimum Gasteiger partial charge on any atom is -0.352 e. The number of likely N-dealkylation sites (N-methyl/N-ethyl adjacent to an activating group) is 1. The molecule has 0 bridgehead atoms. The molecule has 0 atom stereocenters. The summed E-state index contributed by atoms with van der Waals surface area (Å²) in [6.45, 7) is 11.6. The summed E-state index contributed by atoms with van der Waals surface area (Å²) < 4.78 is 40.5. The molecule has 0 spiro atoms. The molecule has 1 aliphatic rings. The van der Waals surface area contributed by atoms with Gasteiger partial charge < -0.3 is 9.80 Å². The minimum absolute atomic E-state index is 0.0920. The van der Waals surface area contributed by atoms with Crippen LogP contribution in [0.1, 0.15) is 30.8 Å². The quantitative estimate of drug-likeness (QED) is 0.744. The van der Waals surface area contributed by atoms with E-state index in [4.69, 9.17) is 0 Å². The van der Waals surface area contributed by atoms with Crippen LogP contribution in [0.3, 0.4) is 0 Å². The number of amides is 1. The van der Waals surface area contributed by atoms with Gasteiger partial charge in [0.05, 0.1) is 6.54 Å². The molecule has 0 saturated carbocycles. The van der Waals surface area contributed by atoms with Crippen molar-refractivity contribution in [3.05, 3.63) is 17.0 Å². The molecule has 8 nitrogen and oxygen atoms in total. The minimum atomic E-state index is -4.63. The zero-order valence-corrected chi connectivity index (χ0v) is 17.1. The van der Waals surface area contributed by atoms with Crippen LogP contribution in [0.4, 0.5) is 19.0 Å². The van der Waals surface area contributed by atoms with Crippen LogP contribution >= 0.6 is 0 Å². The number of carbonyl (C=O) groups excluding carboxylic acids is 1. The Kier molecular flexibility index (Phi) is 5.97. The van der Waals surface area contributed by atoms with E-state index in [2.05, 4.69) is 20.2 Å². The van der Waals surface area contributed by atoms with Gasteiger partial charge in [0, 0.05) is 50.4 Å². The lowest BCUT2D eigenvalue weighted by Crippen LogP contribution is -2.50. The van der Waals surface area contributed by atoms with E-state index < -0.39 is 12.0 Å². The zero-order chi connectivity index (χ0) is 21.3. The molecule has 1 fully saturated rings. The maximum atomic E-state index is 13.2. The standard InChI is InChI=1S/C18H26F3N7O/c1-5-26(6-2)14(29)11-25-7-9-27(10-8-25)16-13(4)12(3)15-22-23-17(18(19,20)21)28(15)24-16/h5-11H2,1-4H3. The number of alkyl halides is 3. The van der Waals surface area contributed by atoms with Crippen molar-refractivity contribution in [1.29, 1.82) is 0 Å². The highest BCUT2D eigenvalue weighted by atomic mass is 19.4. The average molecular weight is 413 g/mol. The zero-order valence-electron chi connectivity index (χ0n) is 17.1. The number of hydrogen-bond acceptors (Lipinski definition) is 6. The summed E-state index contributed by atoms with van der Waals surface area (Å²) in [5, 5.41) is 11.2. The fourth-order valence-electron chi connectivity index (χ4n) is 3.58. The molecule has 3 heterocycles. The molecule has 1 aliphatic heterocycles. The van der Waals surface area contributed by atoms with Gasteiger partial charge in [0.2, 0.25) is 5.91 Å². The molecule has 3 rings (SSSR count). The fraction of sp³-hybridized carbons (Fsp3) is 0.667. The Bertz CT molecular complexity index is 884. The highest BCUT2D eigenvalue weighted by molar-refractivity contribution is 5.78. The van der Waals surface area contributed by atoms with Crippen molar-refractivity contribution in [3.63, 3.8) is 0 Å². The van der Waals surface area contributed by atoms with Crippen LogP contribution in [0.25, 0.3) is 5.65 Å². The number of nitrogens with zero attached hydrogens (tertiary/aromatic N) is 7. The monoisotopic (exact) mass is 413 g/mol. The largest absolute Gasteiger partial charge is 0.453 e. The van der Waals surface area contributed by atoms with Gasteiger partial charge in [0.15, 0.2) is 11.5 Å². The first-order valence-electron chi connectivity index (χ1n) is 9.72. The number of halogens is 3. The molecule has 1 amide bonds. The van der Waals surface area contributed by atoms with Crippen LogP contribution in [0.2, 0.25) is 0 Å². The third-order valence-corrected chi connectivity index (χ3v) is 5.47. The van der Waals surface area contributed by atoms with Crippen molar-refractivity contribution in [3.8, 4) is 0 Å². The first-order chi connectivity index (χ1) is 13.7. The van der Waals surface area contributed by atoms with Gasteiger partial charge in [-0.25, -0.2) is 0 Å². The van der Waals surface area contributed by atoms with E-state index in [0.717, 1.165) is 10.1 Å². The molecule has 2 aromatic heterocycles. The molecule has 0 radical (unpaired) electrons. The second kappa shape index (κ2) is 8.13. The molecule has 160 valence electrons. The van der Waals surface area contributed by atoms with Crippen molar-refractivity contribution in [1.82, 2.24) is 29.6 Å². The second-order valence-electron chi connectivity index (χ2n) is 7.16. The van der Waals surface area contributed by atoms with Gasteiger partial charge in [-0.05, 0) is 27.7 Å². The molecular formula is C18H26F3N7O. The molecular weight excluding hydrogens is 387 g/mol. The summed E-state index contributed by atoms with van der Waals surface area (Å²) in [6, 6.07) is 0. The van der Waals surface area contributed by atoms with Gasteiger partial charge in [0.1, 0.15) is 0 Å². The van der Waals surface area contributed by atoms with E-state index in [1.54, 1.807) is 11.8 Å². The highest BCUT2D eigenvalue weighted by Crippen LogP contribution is 2.30. The van der Waals surface area contributed by atoms with E-state index in [-0.39, 0.29) is 11.6 Å². The predicted octanol–water partition coefficient (Wildman–Crippen LogP) is 1.75. The first-order valence-corrected chi connectivity index (χ1v) is 9.72. The van der Waals surface area contributed by atoms with E-state index in [1.807, 2.05) is 25.7 Å². The summed E-state index contributed by atoms with van der Waals surface area (Å²) in [5.74, 6) is -0.537. The second-order valence-corrected chi connectivity index (χ2v) is 7.16. The molecule has 0 N–H and O–H groups in total. The van der Waals surface area contributed by atoms with Crippen LogP contribution in [-0.4, -0.2) is 81.3 Å². The molecule has 1 saturated heterocycles. The summed E-state index contributed by atoms with van der Waals surface area (Å²) in [4.78, 5) is 18.1. The normalized spacial score (nSPS) is 15.9. The van der Waals surface area contributed by atoms with Crippen molar-refractivity contribution < 1.29 is 18.0 Å². The van der Waals surface area contributed by atoms with Crippen LogP contribution in [-0.2, 0) is 11.0 Å². The van der Waals surface area contributed by atoms with E-state index in [0.29, 0.717) is 57.2 Å². The van der Waals surface area contributed by atoms with Crippen molar-refractivity contribution in [2.24, 2.45) is 0 Å². The van der Waals surface area contributed by atoms with Crippen LogP contribution < -0.4 is 4.90 Å². The van der Waals surface area contributed by atoms with Crippen molar-refractivity contribution in [2.45, 2.75) is 33.9 Å². The molecule has 0 aliphatic carbocycles. The smallest absolute Gasteiger partial charge is 0.352 e. The van der Waals surface area contributed by atoms with Gasteiger partial charge in [-0.2, -0.15) is 17.7 Å². The molecule has 0 aromatic carbocycles. The van der Waals surface area contributed by atoms with Crippen LogP contribution in [0, 0.1) is 13.8 Å². The van der Waals surface area contributed by atoms with E-state index >= 15 is 0 Å². The number of carbonyl (C=O) groups is 1. The maximum Gasteiger partial charge on any atom is 0.453 e. The number of rotatable bonds is 5. The number of hydrogen-bond donors (Lipinski definition) is 0. The van der Waals surface area contributed by atoms with Crippen LogP contribution in [0.5, 0.6) is 0 Å². The summed E-state index contributed by atoms with van der Waals surface area (Å²) in [5.41, 5.74) is 1.52. The van der Waals surface area contributed by atoms with E-state index in [9.17, 15) is 18.0 Å². The van der Waals surface area contributed by atoms with Gasteiger partial charge in [-0.15, -0.1) is 15.3 Å². The lowest BCUT2D eigenvalue weighted by Gasteiger charge is -2.36. The number of aromatic nitrogens is 4. The SMILES string of the molecule is CCN(CC)C(=O)CN1CCN(c2nn3c(C(F)(F)F)nnc3c(C)c2C)CC1. The lowest BCUT2D eigenvalue weighted by atomic mass is 10.1. The fourth-order valence-corrected chi connectivity index (χ4v) is 3.58. The lowest BCUT2D eigenvalue weighted by molar-refractivity contribution is -0.146. The topological polar surface area (TPSA) is 69.9 Å². The molecule has 2 aromatic rings.